The Hall–Kier alpha value is -1.73. The van der Waals surface area contributed by atoms with Gasteiger partial charge < -0.3 is 14.2 Å². The predicted octanol–water partition coefficient (Wildman–Crippen LogP) is 4.42. The number of thiazole rings is 1. The van der Waals surface area contributed by atoms with Crippen LogP contribution >= 0.6 is 11.3 Å². The predicted molar refractivity (Wildman–Crippen MR) is 79.6 cm³/mol. The number of nitrogens with zero attached hydrogens (tertiary/aromatic N) is 1. The van der Waals surface area contributed by atoms with Crippen LogP contribution < -0.4 is 9.47 Å². The molecule has 1 unspecified atom stereocenters. The van der Waals surface area contributed by atoms with Gasteiger partial charge in [0.25, 0.3) is 0 Å². The smallest absolute Gasteiger partial charge is 0.387 e. The Balaban J connectivity index is 1.98. The molecular formula is C15H17F2NO3S. The molecule has 2 aromatic rings. The zero-order valence-corrected chi connectivity index (χ0v) is 13.1. The summed E-state index contributed by atoms with van der Waals surface area (Å²) in [5.41, 5.74) is 0.721. The number of halogens is 2. The standard InChI is InChI=1S/C15H17F2NO3S/c1-3-19-10(2)14-18-11(9-22-14)8-20-12-6-4-5-7-13(12)21-15(16)17/h4-7,9-10,15H,3,8H2,1-2H3. The van der Waals surface area contributed by atoms with Crippen LogP contribution in [0.1, 0.15) is 30.7 Å². The maximum absolute atomic E-state index is 12.3. The second-order valence-electron chi connectivity index (χ2n) is 4.39. The highest BCUT2D eigenvalue weighted by Crippen LogP contribution is 2.29. The highest BCUT2D eigenvalue weighted by molar-refractivity contribution is 7.09. The second kappa shape index (κ2) is 8.05. The molecule has 0 saturated carbocycles. The van der Waals surface area contributed by atoms with Gasteiger partial charge >= 0.3 is 6.61 Å². The van der Waals surface area contributed by atoms with E-state index in [2.05, 4.69) is 9.72 Å². The molecule has 0 spiro atoms. The van der Waals surface area contributed by atoms with Gasteiger partial charge in [0.1, 0.15) is 17.7 Å². The summed E-state index contributed by atoms with van der Waals surface area (Å²) in [4.78, 5) is 4.41. The van der Waals surface area contributed by atoms with Crippen LogP contribution in [0, 0.1) is 0 Å². The van der Waals surface area contributed by atoms with Crippen LogP contribution in [-0.2, 0) is 11.3 Å². The van der Waals surface area contributed by atoms with Crippen molar-refractivity contribution in [2.45, 2.75) is 33.2 Å². The Labute approximate surface area is 131 Å². The monoisotopic (exact) mass is 329 g/mol. The van der Waals surface area contributed by atoms with Gasteiger partial charge in [0.05, 0.1) is 5.69 Å². The van der Waals surface area contributed by atoms with E-state index in [4.69, 9.17) is 9.47 Å². The highest BCUT2D eigenvalue weighted by Gasteiger charge is 2.13. The van der Waals surface area contributed by atoms with E-state index in [-0.39, 0.29) is 24.2 Å². The fourth-order valence-corrected chi connectivity index (χ4v) is 2.62. The van der Waals surface area contributed by atoms with Crippen molar-refractivity contribution in [3.63, 3.8) is 0 Å². The Bertz CT molecular complexity index is 592. The fraction of sp³-hybridized carbons (Fsp3) is 0.400. The topological polar surface area (TPSA) is 40.6 Å². The Kier molecular flexibility index (Phi) is 6.09. The summed E-state index contributed by atoms with van der Waals surface area (Å²) in [6, 6.07) is 6.31. The van der Waals surface area contributed by atoms with E-state index in [0.717, 1.165) is 10.7 Å². The van der Waals surface area contributed by atoms with E-state index < -0.39 is 6.61 Å². The third kappa shape index (κ3) is 4.64. The third-order valence-electron chi connectivity index (χ3n) is 2.77. The van der Waals surface area contributed by atoms with Gasteiger partial charge in [-0.3, -0.25) is 0 Å². The molecule has 0 bridgehead atoms. The summed E-state index contributed by atoms with van der Waals surface area (Å²) < 4.78 is 40.1. The molecule has 0 aliphatic carbocycles. The van der Waals surface area contributed by atoms with Crippen molar-refractivity contribution in [2.75, 3.05) is 6.61 Å². The zero-order valence-electron chi connectivity index (χ0n) is 12.3. The number of para-hydroxylation sites is 2. The summed E-state index contributed by atoms with van der Waals surface area (Å²) in [6.45, 7) is 1.76. The average molecular weight is 329 g/mol. The van der Waals surface area contributed by atoms with Crippen LogP contribution in [0.2, 0.25) is 0 Å². The number of hydrogen-bond acceptors (Lipinski definition) is 5. The van der Waals surface area contributed by atoms with Crippen molar-refractivity contribution in [1.82, 2.24) is 4.98 Å². The lowest BCUT2D eigenvalue weighted by atomic mass is 10.3. The molecule has 0 fully saturated rings. The van der Waals surface area contributed by atoms with Crippen LogP contribution in [0.3, 0.4) is 0 Å². The molecular weight excluding hydrogens is 312 g/mol. The van der Waals surface area contributed by atoms with Crippen LogP contribution in [0.4, 0.5) is 8.78 Å². The summed E-state index contributed by atoms with van der Waals surface area (Å²) in [5, 5.41) is 2.72. The molecule has 0 radical (unpaired) electrons. The first-order valence-electron chi connectivity index (χ1n) is 6.82. The van der Waals surface area contributed by atoms with Crippen molar-refractivity contribution in [3.8, 4) is 11.5 Å². The van der Waals surface area contributed by atoms with Crippen LogP contribution in [-0.4, -0.2) is 18.2 Å². The number of hydrogen-bond donors (Lipinski definition) is 0. The minimum absolute atomic E-state index is 0.00985. The summed E-state index contributed by atoms with van der Waals surface area (Å²) >= 11 is 1.48. The number of rotatable bonds is 8. The number of alkyl halides is 2. The molecule has 0 aliphatic heterocycles. The van der Waals surface area contributed by atoms with Gasteiger partial charge in [-0.2, -0.15) is 8.78 Å². The molecule has 4 nitrogen and oxygen atoms in total. The first kappa shape index (κ1) is 16.6. The van der Waals surface area contributed by atoms with Crippen molar-refractivity contribution < 1.29 is 23.0 Å². The van der Waals surface area contributed by atoms with Gasteiger partial charge in [-0.25, -0.2) is 4.98 Å². The molecule has 0 N–H and O–H groups in total. The van der Waals surface area contributed by atoms with Gasteiger partial charge in [-0.15, -0.1) is 11.3 Å². The molecule has 7 heteroatoms. The maximum Gasteiger partial charge on any atom is 0.387 e. The normalized spacial score (nSPS) is 12.4. The Morgan fingerprint density at radius 2 is 1.95 bits per heavy atom. The lowest BCUT2D eigenvalue weighted by molar-refractivity contribution is -0.0516. The van der Waals surface area contributed by atoms with E-state index in [1.807, 2.05) is 19.2 Å². The van der Waals surface area contributed by atoms with Crippen molar-refractivity contribution in [2.24, 2.45) is 0 Å². The van der Waals surface area contributed by atoms with E-state index in [1.165, 1.54) is 17.4 Å². The van der Waals surface area contributed by atoms with Crippen LogP contribution in [0.5, 0.6) is 11.5 Å². The van der Waals surface area contributed by atoms with Gasteiger partial charge in [0.15, 0.2) is 11.5 Å². The average Bonchev–Trinajstić information content (AvgIpc) is 2.95. The van der Waals surface area contributed by atoms with Crippen molar-refractivity contribution in [3.05, 3.63) is 40.3 Å². The fourth-order valence-electron chi connectivity index (χ4n) is 1.81. The van der Waals surface area contributed by atoms with Gasteiger partial charge in [-0.1, -0.05) is 12.1 Å². The van der Waals surface area contributed by atoms with Gasteiger partial charge in [0, 0.05) is 12.0 Å². The van der Waals surface area contributed by atoms with E-state index >= 15 is 0 Å². The molecule has 22 heavy (non-hydrogen) atoms. The van der Waals surface area contributed by atoms with Gasteiger partial charge in [0.2, 0.25) is 0 Å². The lowest BCUT2D eigenvalue weighted by Crippen LogP contribution is -2.05. The summed E-state index contributed by atoms with van der Waals surface area (Å²) in [5.74, 6) is 0.269. The van der Waals surface area contributed by atoms with Crippen LogP contribution in [0.15, 0.2) is 29.6 Å². The second-order valence-corrected chi connectivity index (χ2v) is 5.28. The molecule has 0 amide bonds. The molecule has 0 aliphatic rings. The molecule has 120 valence electrons. The Morgan fingerprint density at radius 1 is 1.23 bits per heavy atom. The quantitative estimate of drug-likeness (QED) is 0.719. The maximum atomic E-state index is 12.3. The van der Waals surface area contributed by atoms with E-state index in [9.17, 15) is 8.78 Å². The molecule has 1 heterocycles. The third-order valence-corrected chi connectivity index (χ3v) is 3.83. The van der Waals surface area contributed by atoms with E-state index in [1.54, 1.807) is 18.2 Å². The zero-order chi connectivity index (χ0) is 15.9. The molecule has 1 aromatic heterocycles. The number of aromatic nitrogens is 1. The lowest BCUT2D eigenvalue weighted by Gasteiger charge is -2.11. The largest absolute Gasteiger partial charge is 0.483 e. The Morgan fingerprint density at radius 3 is 2.64 bits per heavy atom. The van der Waals surface area contributed by atoms with Gasteiger partial charge in [-0.05, 0) is 26.0 Å². The molecule has 1 atom stereocenters. The van der Waals surface area contributed by atoms with Crippen LogP contribution in [0.25, 0.3) is 0 Å². The molecule has 0 saturated heterocycles. The minimum Gasteiger partial charge on any atom is -0.483 e. The summed E-state index contributed by atoms with van der Waals surface area (Å²) in [6.07, 6.45) is -0.0711. The first-order chi connectivity index (χ1) is 10.6. The first-order valence-corrected chi connectivity index (χ1v) is 7.70. The SMILES string of the molecule is CCOC(C)c1nc(COc2ccccc2OC(F)F)cs1. The minimum atomic E-state index is -2.89. The van der Waals surface area contributed by atoms with Crippen molar-refractivity contribution in [1.29, 1.82) is 0 Å². The van der Waals surface area contributed by atoms with E-state index in [0.29, 0.717) is 6.61 Å². The van der Waals surface area contributed by atoms with Crippen molar-refractivity contribution >= 4 is 11.3 Å². The molecule has 1 aromatic carbocycles. The number of ether oxygens (including phenoxy) is 3. The number of benzene rings is 1. The molecule has 2 rings (SSSR count). The summed E-state index contributed by atoms with van der Waals surface area (Å²) in [7, 11) is 0. The highest BCUT2D eigenvalue weighted by atomic mass is 32.1.